The van der Waals surface area contributed by atoms with Gasteiger partial charge in [0.25, 0.3) is 0 Å². The molecule has 3 amide bonds. The zero-order chi connectivity index (χ0) is 22.2. The molecule has 0 unspecified atom stereocenters. The number of benzene rings is 1. The van der Waals surface area contributed by atoms with E-state index in [1.165, 1.54) is 19.3 Å². The van der Waals surface area contributed by atoms with Crippen molar-refractivity contribution >= 4 is 40.7 Å². The minimum Gasteiger partial charge on any atom is -0.350 e. The lowest BCUT2D eigenvalue weighted by atomic mass is 9.53. The second-order valence-electron chi connectivity index (χ2n) is 9.58. The van der Waals surface area contributed by atoms with Gasteiger partial charge in [0.1, 0.15) is 0 Å². The van der Waals surface area contributed by atoms with Gasteiger partial charge in [-0.25, -0.2) is 5.43 Å². The van der Waals surface area contributed by atoms with Crippen molar-refractivity contribution in [3.63, 3.8) is 0 Å². The van der Waals surface area contributed by atoms with Gasteiger partial charge >= 0.3 is 11.8 Å². The monoisotopic (exact) mass is 444 g/mol. The van der Waals surface area contributed by atoms with E-state index in [0.29, 0.717) is 22.0 Å². The minimum atomic E-state index is -0.903. The van der Waals surface area contributed by atoms with Crippen molar-refractivity contribution in [2.45, 2.75) is 64.3 Å². The summed E-state index contributed by atoms with van der Waals surface area (Å²) in [6.07, 6.45) is 7.30. The first-order valence-electron chi connectivity index (χ1n) is 10.9. The topological polar surface area (TPSA) is 99.7 Å². The molecule has 4 aliphatic rings. The summed E-state index contributed by atoms with van der Waals surface area (Å²) in [6, 6.07) is 5.05. The fourth-order valence-corrected chi connectivity index (χ4v) is 6.17. The first-order valence-corrected chi connectivity index (χ1v) is 11.3. The number of hydrogen-bond acceptors (Lipinski definition) is 4. The van der Waals surface area contributed by atoms with Gasteiger partial charge in [-0.3, -0.25) is 14.4 Å². The van der Waals surface area contributed by atoms with Gasteiger partial charge in [0.15, 0.2) is 0 Å². The Bertz CT molecular complexity index is 907. The number of halogens is 1. The van der Waals surface area contributed by atoms with Gasteiger partial charge in [-0.2, -0.15) is 5.10 Å². The van der Waals surface area contributed by atoms with E-state index in [9.17, 15) is 14.4 Å². The first kappa shape index (κ1) is 21.8. The Kier molecular flexibility index (Phi) is 6.06. The molecular formula is C23H29ClN4O3. The van der Waals surface area contributed by atoms with Crippen molar-refractivity contribution in [3.8, 4) is 0 Å². The lowest BCUT2D eigenvalue weighted by Crippen LogP contribution is -2.60. The molecular weight excluding hydrogens is 416 g/mol. The summed E-state index contributed by atoms with van der Waals surface area (Å²) in [6.45, 7) is 3.42. The summed E-state index contributed by atoms with van der Waals surface area (Å²) in [7, 11) is 0. The molecule has 0 spiro atoms. The van der Waals surface area contributed by atoms with E-state index >= 15 is 0 Å². The highest BCUT2D eigenvalue weighted by Crippen LogP contribution is 2.55. The van der Waals surface area contributed by atoms with Crippen LogP contribution in [0, 0.1) is 24.7 Å². The van der Waals surface area contributed by atoms with Gasteiger partial charge in [0.2, 0.25) is 5.91 Å². The molecule has 1 aromatic rings. The molecule has 0 radical (unpaired) electrons. The fourth-order valence-electron chi connectivity index (χ4n) is 5.99. The third kappa shape index (κ3) is 4.92. The molecule has 8 heteroatoms. The second-order valence-corrected chi connectivity index (χ2v) is 9.98. The predicted molar refractivity (Wildman–Crippen MR) is 120 cm³/mol. The standard InChI is InChI=1S/C23H29ClN4O3/c1-13(27-28-22(31)21(30)25-19-5-3-4-18(24)14(19)2)6-20(29)26-23-10-15-7-16(11-23)9-17(8-15)12-23/h3-5,15-17H,6-12H2,1-2H3,(H,25,30)(H,26,29)(H,28,31)/b27-13+. The van der Waals surface area contributed by atoms with Crippen LogP contribution in [0.25, 0.3) is 0 Å². The number of carbonyl (C=O) groups is 3. The second kappa shape index (κ2) is 8.61. The van der Waals surface area contributed by atoms with Gasteiger partial charge in [-0.05, 0) is 87.8 Å². The van der Waals surface area contributed by atoms with Crippen LogP contribution < -0.4 is 16.1 Å². The molecule has 0 aliphatic heterocycles. The quantitative estimate of drug-likeness (QED) is 0.368. The molecule has 5 rings (SSSR count). The van der Waals surface area contributed by atoms with Crippen molar-refractivity contribution in [2.24, 2.45) is 22.9 Å². The SMILES string of the molecule is C/C(CC(=O)NC12CC3CC(CC(C3)C1)C2)=N\NC(=O)C(=O)Nc1cccc(Cl)c1C. The summed E-state index contributed by atoms with van der Waals surface area (Å²) < 4.78 is 0. The first-order chi connectivity index (χ1) is 14.7. The van der Waals surface area contributed by atoms with Crippen molar-refractivity contribution in [1.29, 1.82) is 0 Å². The highest BCUT2D eigenvalue weighted by molar-refractivity contribution is 6.40. The number of carbonyl (C=O) groups excluding carboxylic acids is 3. The zero-order valence-electron chi connectivity index (χ0n) is 18.0. The molecule has 4 aliphatic carbocycles. The largest absolute Gasteiger partial charge is 0.350 e. The molecule has 1 aromatic carbocycles. The molecule has 31 heavy (non-hydrogen) atoms. The smallest absolute Gasteiger partial charge is 0.329 e. The van der Waals surface area contributed by atoms with Gasteiger partial charge in [0.05, 0.1) is 6.42 Å². The van der Waals surface area contributed by atoms with Crippen molar-refractivity contribution < 1.29 is 14.4 Å². The Labute approximate surface area is 187 Å². The average molecular weight is 445 g/mol. The van der Waals surface area contributed by atoms with Crippen LogP contribution in [0.4, 0.5) is 5.69 Å². The summed E-state index contributed by atoms with van der Waals surface area (Å²) in [5, 5.41) is 10.2. The molecule has 0 heterocycles. The normalized spacial score (nSPS) is 28.9. The van der Waals surface area contributed by atoms with E-state index in [0.717, 1.165) is 37.0 Å². The lowest BCUT2D eigenvalue weighted by molar-refractivity contribution is -0.136. The Hall–Kier alpha value is -2.41. The number of hydrazone groups is 1. The van der Waals surface area contributed by atoms with Crippen molar-refractivity contribution in [3.05, 3.63) is 28.8 Å². The number of rotatable bonds is 5. The molecule has 3 N–H and O–H groups in total. The summed E-state index contributed by atoms with van der Waals surface area (Å²) >= 11 is 6.03. The molecule has 166 valence electrons. The molecule has 0 saturated heterocycles. The third-order valence-electron chi connectivity index (χ3n) is 6.93. The van der Waals surface area contributed by atoms with E-state index < -0.39 is 11.8 Å². The van der Waals surface area contributed by atoms with Crippen LogP contribution in [-0.4, -0.2) is 29.0 Å². The number of anilines is 1. The van der Waals surface area contributed by atoms with Gasteiger partial charge < -0.3 is 10.6 Å². The van der Waals surface area contributed by atoms with Crippen LogP contribution in [0.3, 0.4) is 0 Å². The predicted octanol–water partition coefficient (Wildman–Crippen LogP) is 3.55. The van der Waals surface area contributed by atoms with Crippen LogP contribution in [0.1, 0.15) is 57.4 Å². The maximum Gasteiger partial charge on any atom is 0.329 e. The number of nitrogens with one attached hydrogen (secondary N) is 3. The van der Waals surface area contributed by atoms with Gasteiger partial charge in [-0.15, -0.1) is 0 Å². The fraction of sp³-hybridized carbons (Fsp3) is 0.565. The van der Waals surface area contributed by atoms with E-state index in [1.807, 2.05) is 0 Å². The maximum atomic E-state index is 12.6. The minimum absolute atomic E-state index is 0.0515. The van der Waals surface area contributed by atoms with Crippen molar-refractivity contribution in [2.75, 3.05) is 5.32 Å². The Balaban J connectivity index is 1.27. The molecule has 4 saturated carbocycles. The van der Waals surface area contributed by atoms with Crippen LogP contribution in [0.5, 0.6) is 0 Å². The number of amides is 3. The number of hydrogen-bond donors (Lipinski definition) is 3. The van der Waals surface area contributed by atoms with Gasteiger partial charge in [0, 0.05) is 22.0 Å². The van der Waals surface area contributed by atoms with Crippen LogP contribution in [0.2, 0.25) is 5.02 Å². The Morgan fingerprint density at radius 1 is 1.06 bits per heavy atom. The van der Waals surface area contributed by atoms with Crippen LogP contribution in [0.15, 0.2) is 23.3 Å². The highest BCUT2D eigenvalue weighted by Gasteiger charge is 2.51. The molecule has 7 nitrogen and oxygen atoms in total. The third-order valence-corrected chi connectivity index (χ3v) is 7.34. The van der Waals surface area contributed by atoms with Gasteiger partial charge in [-0.1, -0.05) is 17.7 Å². The Morgan fingerprint density at radius 2 is 1.68 bits per heavy atom. The highest BCUT2D eigenvalue weighted by atomic mass is 35.5. The number of nitrogens with zero attached hydrogens (tertiary/aromatic N) is 1. The van der Waals surface area contributed by atoms with E-state index in [-0.39, 0.29) is 17.9 Å². The van der Waals surface area contributed by atoms with E-state index in [2.05, 4.69) is 21.2 Å². The molecule has 4 bridgehead atoms. The summed E-state index contributed by atoms with van der Waals surface area (Å²) in [5.41, 5.74) is 3.75. The molecule has 0 atom stereocenters. The van der Waals surface area contributed by atoms with Crippen molar-refractivity contribution in [1.82, 2.24) is 10.7 Å². The van der Waals surface area contributed by atoms with E-state index in [1.54, 1.807) is 32.0 Å². The molecule has 0 aromatic heterocycles. The lowest BCUT2D eigenvalue weighted by Gasteiger charge is -2.56. The van der Waals surface area contributed by atoms with Crippen LogP contribution >= 0.6 is 11.6 Å². The van der Waals surface area contributed by atoms with E-state index in [4.69, 9.17) is 11.6 Å². The Morgan fingerprint density at radius 3 is 2.29 bits per heavy atom. The zero-order valence-corrected chi connectivity index (χ0v) is 18.7. The summed E-state index contributed by atoms with van der Waals surface area (Å²) in [4.78, 5) is 36.8. The average Bonchev–Trinajstić information content (AvgIpc) is 2.68. The molecule has 4 fully saturated rings. The maximum absolute atomic E-state index is 12.6. The van der Waals surface area contributed by atoms with Crippen LogP contribution in [-0.2, 0) is 14.4 Å². The summed E-state index contributed by atoms with van der Waals surface area (Å²) in [5.74, 6) is 0.434.